The number of thiophene rings is 1. The molecule has 0 saturated heterocycles. The van der Waals surface area contributed by atoms with Crippen LogP contribution in [0.1, 0.15) is 12.5 Å². The summed E-state index contributed by atoms with van der Waals surface area (Å²) >= 11 is 1.82. The fourth-order valence-electron chi connectivity index (χ4n) is 3.18. The molecule has 0 amide bonds. The lowest BCUT2D eigenvalue weighted by Gasteiger charge is -2.26. The van der Waals surface area contributed by atoms with Crippen LogP contribution >= 0.6 is 11.3 Å². The summed E-state index contributed by atoms with van der Waals surface area (Å²) in [5.41, 5.74) is 0.478. The van der Waals surface area contributed by atoms with E-state index in [1.807, 2.05) is 18.3 Å². The Morgan fingerprint density at radius 1 is 0.920 bits per heavy atom. The van der Waals surface area contributed by atoms with Crippen molar-refractivity contribution in [2.24, 2.45) is 0 Å². The molecule has 1 heterocycles. The van der Waals surface area contributed by atoms with Gasteiger partial charge < -0.3 is 15.5 Å². The largest absolute Gasteiger partial charge is 0.394 e. The van der Waals surface area contributed by atoms with Crippen molar-refractivity contribution in [2.75, 3.05) is 13.2 Å². The summed E-state index contributed by atoms with van der Waals surface area (Å²) in [6.07, 6.45) is 0. The van der Waals surface area contributed by atoms with Crippen LogP contribution in [0.2, 0.25) is 0 Å². The summed E-state index contributed by atoms with van der Waals surface area (Å²) in [6, 6.07) is 19.4. The maximum atomic E-state index is 9.44. The minimum absolute atomic E-state index is 0.0994. The molecule has 0 bridgehead atoms. The van der Waals surface area contributed by atoms with Gasteiger partial charge in [0.15, 0.2) is 0 Å². The van der Waals surface area contributed by atoms with E-state index in [-0.39, 0.29) is 13.2 Å². The first-order valence-electron chi connectivity index (χ1n) is 8.43. The zero-order valence-corrected chi connectivity index (χ0v) is 14.9. The Kier molecular flexibility index (Phi) is 4.21. The summed E-state index contributed by atoms with van der Waals surface area (Å²) in [7, 11) is 0. The van der Waals surface area contributed by atoms with Gasteiger partial charge in [0.05, 0.1) is 18.8 Å². The average molecular weight is 351 g/mol. The zero-order valence-electron chi connectivity index (χ0n) is 14.1. The lowest BCUT2D eigenvalue weighted by molar-refractivity contribution is 0.103. The molecule has 25 heavy (non-hydrogen) atoms. The van der Waals surface area contributed by atoms with Crippen molar-refractivity contribution in [2.45, 2.75) is 19.0 Å². The molecule has 0 aliphatic rings. The van der Waals surface area contributed by atoms with Gasteiger partial charge in [0.2, 0.25) is 0 Å². The van der Waals surface area contributed by atoms with E-state index < -0.39 is 5.54 Å². The number of aliphatic hydroxyl groups is 2. The summed E-state index contributed by atoms with van der Waals surface area (Å²) in [5, 5.41) is 27.3. The molecule has 0 fully saturated rings. The van der Waals surface area contributed by atoms with Crippen molar-refractivity contribution >= 4 is 42.3 Å². The standard InChI is InChI=1S/C21H21NO2S/c1-21(12-23,13-24)22-11-14-6-8-18-17(10-14)20-16-5-3-2-4-15(16)7-9-19(20)25-18/h2-10,22-24H,11-13H2,1H3. The van der Waals surface area contributed by atoms with E-state index in [1.54, 1.807) is 0 Å². The Bertz CT molecular complexity index is 1050. The van der Waals surface area contributed by atoms with Gasteiger partial charge >= 0.3 is 0 Å². The molecular formula is C21H21NO2S. The van der Waals surface area contributed by atoms with Gasteiger partial charge in [-0.05, 0) is 41.5 Å². The second kappa shape index (κ2) is 6.39. The van der Waals surface area contributed by atoms with E-state index in [0.717, 1.165) is 5.56 Å². The van der Waals surface area contributed by atoms with Crippen LogP contribution in [0.5, 0.6) is 0 Å². The number of hydrogen-bond donors (Lipinski definition) is 3. The molecule has 3 N–H and O–H groups in total. The fraction of sp³-hybridized carbons (Fsp3) is 0.238. The van der Waals surface area contributed by atoms with Crippen LogP contribution in [-0.4, -0.2) is 29.0 Å². The Hall–Kier alpha value is -1.98. The predicted molar refractivity (Wildman–Crippen MR) is 106 cm³/mol. The van der Waals surface area contributed by atoms with E-state index >= 15 is 0 Å². The van der Waals surface area contributed by atoms with E-state index in [4.69, 9.17) is 0 Å². The predicted octanol–water partition coefficient (Wildman–Crippen LogP) is 4.04. The molecule has 0 aliphatic heterocycles. The van der Waals surface area contributed by atoms with Crippen LogP contribution in [0, 0.1) is 0 Å². The van der Waals surface area contributed by atoms with Crippen molar-refractivity contribution in [3.05, 3.63) is 60.2 Å². The van der Waals surface area contributed by atoms with Crippen LogP contribution in [0.4, 0.5) is 0 Å². The van der Waals surface area contributed by atoms with Gasteiger partial charge in [0.1, 0.15) is 0 Å². The third-order valence-electron chi connectivity index (χ3n) is 4.84. The van der Waals surface area contributed by atoms with Crippen LogP contribution in [0.3, 0.4) is 0 Å². The third kappa shape index (κ3) is 2.92. The van der Waals surface area contributed by atoms with Crippen LogP contribution < -0.4 is 5.32 Å². The number of hydrogen-bond acceptors (Lipinski definition) is 4. The fourth-order valence-corrected chi connectivity index (χ4v) is 4.28. The molecule has 4 rings (SSSR count). The number of benzene rings is 3. The smallest absolute Gasteiger partial charge is 0.0633 e. The second-order valence-corrected chi connectivity index (χ2v) is 7.91. The van der Waals surface area contributed by atoms with E-state index in [9.17, 15) is 10.2 Å². The zero-order chi connectivity index (χ0) is 17.4. The highest BCUT2D eigenvalue weighted by atomic mass is 32.1. The van der Waals surface area contributed by atoms with Gasteiger partial charge in [-0.1, -0.05) is 36.4 Å². The molecule has 0 radical (unpaired) electrons. The highest BCUT2D eigenvalue weighted by molar-refractivity contribution is 7.26. The number of fused-ring (bicyclic) bond motifs is 5. The second-order valence-electron chi connectivity index (χ2n) is 6.82. The van der Waals surface area contributed by atoms with Gasteiger partial charge in [-0.25, -0.2) is 0 Å². The van der Waals surface area contributed by atoms with Gasteiger partial charge in [-0.2, -0.15) is 0 Å². The Labute approximate surface area is 150 Å². The van der Waals surface area contributed by atoms with Gasteiger partial charge in [-0.15, -0.1) is 11.3 Å². The Morgan fingerprint density at radius 2 is 1.68 bits per heavy atom. The molecule has 4 aromatic rings. The highest BCUT2D eigenvalue weighted by Crippen LogP contribution is 2.38. The first-order valence-corrected chi connectivity index (χ1v) is 9.25. The quantitative estimate of drug-likeness (QED) is 0.509. The van der Waals surface area contributed by atoms with Crippen molar-refractivity contribution in [3.63, 3.8) is 0 Å². The minimum atomic E-state index is -0.668. The Balaban J connectivity index is 1.81. The van der Waals surface area contributed by atoms with Crippen molar-refractivity contribution < 1.29 is 10.2 Å². The molecule has 0 atom stereocenters. The third-order valence-corrected chi connectivity index (χ3v) is 5.98. The monoisotopic (exact) mass is 351 g/mol. The van der Waals surface area contributed by atoms with E-state index in [2.05, 4.69) is 59.9 Å². The normalized spacial score (nSPS) is 12.4. The van der Waals surface area contributed by atoms with Gasteiger partial charge in [0.25, 0.3) is 0 Å². The van der Waals surface area contributed by atoms with Crippen LogP contribution in [0.25, 0.3) is 30.9 Å². The summed E-state index contributed by atoms with van der Waals surface area (Å²) in [4.78, 5) is 0. The van der Waals surface area contributed by atoms with E-state index in [0.29, 0.717) is 6.54 Å². The topological polar surface area (TPSA) is 52.5 Å². The molecule has 4 heteroatoms. The number of aliphatic hydroxyl groups excluding tert-OH is 2. The molecule has 0 aliphatic carbocycles. The lowest BCUT2D eigenvalue weighted by atomic mass is 10.0. The minimum Gasteiger partial charge on any atom is -0.394 e. The molecular weight excluding hydrogens is 330 g/mol. The SMILES string of the molecule is CC(CO)(CO)NCc1ccc2sc3ccc4ccccc4c3c2c1. The molecule has 128 valence electrons. The molecule has 3 aromatic carbocycles. The number of nitrogens with one attached hydrogen (secondary N) is 1. The first kappa shape index (κ1) is 16.5. The maximum absolute atomic E-state index is 9.44. The van der Waals surface area contributed by atoms with Crippen LogP contribution in [-0.2, 0) is 6.54 Å². The summed E-state index contributed by atoms with van der Waals surface area (Å²) in [5.74, 6) is 0. The van der Waals surface area contributed by atoms with Crippen molar-refractivity contribution in [3.8, 4) is 0 Å². The lowest BCUT2D eigenvalue weighted by Crippen LogP contribution is -2.48. The van der Waals surface area contributed by atoms with Crippen molar-refractivity contribution in [1.82, 2.24) is 5.32 Å². The van der Waals surface area contributed by atoms with Crippen LogP contribution in [0.15, 0.2) is 54.6 Å². The molecule has 3 nitrogen and oxygen atoms in total. The number of rotatable bonds is 5. The first-order chi connectivity index (χ1) is 12.1. The highest BCUT2D eigenvalue weighted by Gasteiger charge is 2.21. The maximum Gasteiger partial charge on any atom is 0.0633 e. The summed E-state index contributed by atoms with van der Waals surface area (Å²) < 4.78 is 2.58. The molecule has 0 unspecified atom stereocenters. The molecule has 0 spiro atoms. The Morgan fingerprint density at radius 3 is 2.48 bits per heavy atom. The average Bonchev–Trinajstić information content (AvgIpc) is 3.04. The van der Waals surface area contributed by atoms with Gasteiger partial charge in [0, 0.05) is 26.7 Å². The summed E-state index contributed by atoms with van der Waals surface area (Å²) in [6.45, 7) is 2.23. The van der Waals surface area contributed by atoms with Crippen molar-refractivity contribution in [1.29, 1.82) is 0 Å². The van der Waals surface area contributed by atoms with E-state index in [1.165, 1.54) is 30.9 Å². The van der Waals surface area contributed by atoms with Gasteiger partial charge in [-0.3, -0.25) is 0 Å². The molecule has 1 aromatic heterocycles. The molecule has 0 saturated carbocycles.